The maximum Gasteiger partial charge on any atom is 0.133 e. The van der Waals surface area contributed by atoms with Crippen molar-refractivity contribution in [3.63, 3.8) is 0 Å². The molecule has 0 spiro atoms. The van der Waals surface area contributed by atoms with E-state index in [2.05, 4.69) is 0 Å². The number of hydrogen-bond donors (Lipinski definition) is 0. The maximum absolute atomic E-state index is 11.3. The molecule has 0 aromatic carbocycles. The second-order valence-electron chi connectivity index (χ2n) is 3.80. The number of rotatable bonds is 7. The van der Waals surface area contributed by atoms with Crippen molar-refractivity contribution in [3.05, 3.63) is 0 Å². The molecule has 13 heavy (non-hydrogen) atoms. The lowest BCUT2D eigenvalue weighted by atomic mass is 9.99. The van der Waals surface area contributed by atoms with Crippen LogP contribution in [0.4, 0.5) is 0 Å². The van der Waals surface area contributed by atoms with Gasteiger partial charge in [0.15, 0.2) is 0 Å². The molecule has 0 rings (SSSR count). The number of Topliss-reactive ketones (excluding diaryl/α,β-unsaturated/α-hetero) is 1. The Hall–Kier alpha value is -0.0800. The Morgan fingerprint density at radius 2 is 2.00 bits per heavy atom. The summed E-state index contributed by atoms with van der Waals surface area (Å²) in [6, 6.07) is 0. The van der Waals surface area contributed by atoms with Gasteiger partial charge in [-0.05, 0) is 26.7 Å². The molecule has 0 aliphatic heterocycles. The molecule has 0 radical (unpaired) electrons. The van der Waals surface area contributed by atoms with E-state index in [1.54, 1.807) is 7.11 Å². The van der Waals surface area contributed by atoms with E-state index in [0.717, 1.165) is 12.8 Å². The third-order valence-electron chi connectivity index (χ3n) is 2.15. The third-order valence-corrected chi connectivity index (χ3v) is 2.41. The first kappa shape index (κ1) is 12.9. The fourth-order valence-electron chi connectivity index (χ4n) is 0.931. The van der Waals surface area contributed by atoms with Crippen LogP contribution in [0.25, 0.3) is 0 Å². The summed E-state index contributed by atoms with van der Waals surface area (Å²) < 4.78 is 5.21. The summed E-state index contributed by atoms with van der Waals surface area (Å²) in [6.07, 6.45) is 2.76. The summed E-state index contributed by atoms with van der Waals surface area (Å²) in [5.74, 6) is 0.852. The lowest BCUT2D eigenvalue weighted by Gasteiger charge is -2.22. The Labute approximate surface area is 85.6 Å². The number of methoxy groups -OCH3 is 1. The second kappa shape index (κ2) is 6.39. The van der Waals surface area contributed by atoms with Gasteiger partial charge in [-0.25, -0.2) is 0 Å². The van der Waals surface area contributed by atoms with Crippen LogP contribution in [-0.2, 0) is 9.53 Å². The van der Waals surface area contributed by atoms with Crippen molar-refractivity contribution in [1.29, 1.82) is 0 Å². The number of ketones is 1. The molecule has 2 nitrogen and oxygen atoms in total. The number of alkyl halides is 1. The van der Waals surface area contributed by atoms with Crippen LogP contribution in [0.3, 0.4) is 0 Å². The molecule has 78 valence electrons. The SMILES string of the molecule is COC(C)(C)CCC(=O)CCCCl. The van der Waals surface area contributed by atoms with Gasteiger partial charge in [0.1, 0.15) is 5.78 Å². The van der Waals surface area contributed by atoms with Gasteiger partial charge in [-0.1, -0.05) is 0 Å². The normalized spacial score (nSPS) is 11.7. The van der Waals surface area contributed by atoms with Crippen molar-refractivity contribution in [2.45, 2.75) is 45.1 Å². The summed E-state index contributed by atoms with van der Waals surface area (Å²) in [7, 11) is 1.67. The van der Waals surface area contributed by atoms with Gasteiger partial charge >= 0.3 is 0 Å². The molecular weight excluding hydrogens is 188 g/mol. The number of carbonyl (C=O) groups is 1. The molecular formula is C10H19ClO2. The van der Waals surface area contributed by atoms with Crippen LogP contribution in [0.5, 0.6) is 0 Å². The summed E-state index contributed by atoms with van der Waals surface area (Å²) in [5, 5.41) is 0. The highest BCUT2D eigenvalue weighted by atomic mass is 35.5. The van der Waals surface area contributed by atoms with Crippen LogP contribution in [0, 0.1) is 0 Å². The zero-order chi connectivity index (χ0) is 10.3. The predicted molar refractivity (Wildman–Crippen MR) is 55.3 cm³/mol. The third kappa shape index (κ3) is 7.03. The molecule has 0 bridgehead atoms. The number of halogens is 1. The zero-order valence-electron chi connectivity index (χ0n) is 8.73. The first-order valence-electron chi connectivity index (χ1n) is 4.64. The number of ether oxygens (including phenoxy) is 1. The standard InChI is InChI=1S/C10H19ClO2/c1-10(2,13-3)7-6-9(12)5-4-8-11/h4-8H2,1-3H3. The smallest absolute Gasteiger partial charge is 0.133 e. The van der Waals surface area contributed by atoms with Crippen LogP contribution in [0.2, 0.25) is 0 Å². The van der Waals surface area contributed by atoms with Gasteiger partial charge in [-0.15, -0.1) is 11.6 Å². The van der Waals surface area contributed by atoms with E-state index in [1.807, 2.05) is 13.8 Å². The Balaban J connectivity index is 3.57. The highest BCUT2D eigenvalue weighted by Gasteiger charge is 2.17. The fourth-order valence-corrected chi connectivity index (χ4v) is 1.07. The van der Waals surface area contributed by atoms with Gasteiger partial charge < -0.3 is 4.74 Å². The van der Waals surface area contributed by atoms with Gasteiger partial charge in [-0.3, -0.25) is 4.79 Å². The molecule has 0 saturated heterocycles. The molecule has 0 atom stereocenters. The molecule has 0 saturated carbocycles. The van der Waals surface area contributed by atoms with Crippen LogP contribution < -0.4 is 0 Å². The van der Waals surface area contributed by atoms with E-state index in [4.69, 9.17) is 16.3 Å². The summed E-state index contributed by atoms with van der Waals surface area (Å²) in [6.45, 7) is 3.98. The summed E-state index contributed by atoms with van der Waals surface area (Å²) in [5.41, 5.74) is -0.184. The van der Waals surface area contributed by atoms with Crippen molar-refractivity contribution in [2.75, 3.05) is 13.0 Å². The predicted octanol–water partition coefficient (Wildman–Crippen LogP) is 2.78. The molecule has 0 aromatic heterocycles. The first-order chi connectivity index (χ1) is 6.02. The van der Waals surface area contributed by atoms with E-state index in [9.17, 15) is 4.79 Å². The lowest BCUT2D eigenvalue weighted by molar-refractivity contribution is -0.120. The zero-order valence-corrected chi connectivity index (χ0v) is 9.49. The number of carbonyl (C=O) groups excluding carboxylic acids is 1. The van der Waals surface area contributed by atoms with Crippen molar-refractivity contribution in [2.24, 2.45) is 0 Å². The highest BCUT2D eigenvalue weighted by molar-refractivity contribution is 6.17. The molecule has 3 heteroatoms. The Bertz CT molecular complexity index is 155. The molecule has 0 N–H and O–H groups in total. The molecule has 0 aliphatic carbocycles. The van der Waals surface area contributed by atoms with Crippen LogP contribution in [0.1, 0.15) is 39.5 Å². The Kier molecular flexibility index (Phi) is 6.35. The van der Waals surface area contributed by atoms with Crippen molar-refractivity contribution >= 4 is 17.4 Å². The topological polar surface area (TPSA) is 26.3 Å². The van der Waals surface area contributed by atoms with Gasteiger partial charge in [0.25, 0.3) is 0 Å². The van der Waals surface area contributed by atoms with Crippen molar-refractivity contribution in [3.8, 4) is 0 Å². The van der Waals surface area contributed by atoms with Crippen LogP contribution in [-0.4, -0.2) is 24.4 Å². The lowest BCUT2D eigenvalue weighted by Crippen LogP contribution is -2.23. The minimum atomic E-state index is -0.184. The average Bonchev–Trinajstić information content (AvgIpc) is 2.11. The molecule has 0 aliphatic rings. The average molecular weight is 207 g/mol. The Morgan fingerprint density at radius 3 is 2.46 bits per heavy atom. The largest absolute Gasteiger partial charge is 0.379 e. The minimum Gasteiger partial charge on any atom is -0.379 e. The van der Waals surface area contributed by atoms with Crippen molar-refractivity contribution in [1.82, 2.24) is 0 Å². The maximum atomic E-state index is 11.3. The summed E-state index contributed by atoms with van der Waals surface area (Å²) in [4.78, 5) is 11.3. The molecule has 0 heterocycles. The molecule has 0 amide bonds. The van der Waals surface area contributed by atoms with E-state index in [-0.39, 0.29) is 11.4 Å². The van der Waals surface area contributed by atoms with Gasteiger partial charge in [0.2, 0.25) is 0 Å². The molecule has 0 aromatic rings. The van der Waals surface area contributed by atoms with E-state index >= 15 is 0 Å². The van der Waals surface area contributed by atoms with E-state index in [1.165, 1.54) is 0 Å². The van der Waals surface area contributed by atoms with Crippen LogP contribution in [0.15, 0.2) is 0 Å². The summed E-state index contributed by atoms with van der Waals surface area (Å²) >= 11 is 5.49. The van der Waals surface area contributed by atoms with Crippen LogP contribution >= 0.6 is 11.6 Å². The van der Waals surface area contributed by atoms with E-state index < -0.39 is 0 Å². The van der Waals surface area contributed by atoms with Gasteiger partial charge in [0, 0.05) is 25.8 Å². The first-order valence-corrected chi connectivity index (χ1v) is 5.18. The fraction of sp³-hybridized carbons (Fsp3) is 0.900. The monoisotopic (exact) mass is 206 g/mol. The van der Waals surface area contributed by atoms with Gasteiger partial charge in [-0.2, -0.15) is 0 Å². The second-order valence-corrected chi connectivity index (χ2v) is 4.17. The van der Waals surface area contributed by atoms with E-state index in [0.29, 0.717) is 18.7 Å². The molecule has 0 unspecified atom stereocenters. The quantitative estimate of drug-likeness (QED) is 0.599. The minimum absolute atomic E-state index is 0.184. The Morgan fingerprint density at radius 1 is 1.38 bits per heavy atom. The molecule has 0 fully saturated rings. The number of hydrogen-bond acceptors (Lipinski definition) is 2. The highest BCUT2D eigenvalue weighted by Crippen LogP contribution is 2.16. The van der Waals surface area contributed by atoms with Crippen molar-refractivity contribution < 1.29 is 9.53 Å². The van der Waals surface area contributed by atoms with Gasteiger partial charge in [0.05, 0.1) is 5.60 Å².